The molecule has 10 heavy (non-hydrogen) atoms. The second kappa shape index (κ2) is 2.96. The number of rotatable bonds is 1. The summed E-state index contributed by atoms with van der Waals surface area (Å²) in [5.74, 6) is -0.396. The molecule has 0 unspecified atom stereocenters. The predicted molar refractivity (Wildman–Crippen MR) is 34.0 cm³/mol. The highest BCUT2D eigenvalue weighted by atomic mass is 16.5. The number of hydrogen-bond donors (Lipinski definition) is 0. The number of esters is 1. The third-order valence-corrected chi connectivity index (χ3v) is 1.09. The Morgan fingerprint density at radius 2 is 2.40 bits per heavy atom. The summed E-state index contributed by atoms with van der Waals surface area (Å²) in [5, 5.41) is 0. The topological polar surface area (TPSA) is 43.4 Å². The molecular weight excluding hydrogens is 132 g/mol. The largest absolute Gasteiger partial charge is 0.434 e. The minimum Gasteiger partial charge on any atom is -0.434 e. The molecule has 1 aliphatic heterocycles. The first-order chi connectivity index (χ1) is 4.83. The van der Waals surface area contributed by atoms with E-state index in [2.05, 4.69) is 4.74 Å². The normalized spacial score (nSPS) is 17.2. The smallest absolute Gasteiger partial charge is 0.315 e. The van der Waals surface area contributed by atoms with Gasteiger partial charge in [-0.3, -0.25) is 9.59 Å². The van der Waals surface area contributed by atoms with E-state index in [9.17, 15) is 9.59 Å². The van der Waals surface area contributed by atoms with E-state index in [4.69, 9.17) is 0 Å². The van der Waals surface area contributed by atoms with E-state index in [-0.39, 0.29) is 6.42 Å². The lowest BCUT2D eigenvalue weighted by molar-refractivity contribution is -0.137. The van der Waals surface area contributed by atoms with Gasteiger partial charge >= 0.3 is 5.97 Å². The van der Waals surface area contributed by atoms with E-state index >= 15 is 0 Å². The average Bonchev–Trinajstić information content (AvgIpc) is 2.13. The van der Waals surface area contributed by atoms with Crippen molar-refractivity contribution in [3.05, 3.63) is 24.0 Å². The van der Waals surface area contributed by atoms with Gasteiger partial charge in [0.25, 0.3) is 0 Å². The van der Waals surface area contributed by atoms with Crippen molar-refractivity contribution in [1.82, 2.24) is 0 Å². The van der Waals surface area contributed by atoms with Gasteiger partial charge in [-0.1, -0.05) is 6.08 Å². The van der Waals surface area contributed by atoms with Crippen molar-refractivity contribution in [2.75, 3.05) is 0 Å². The molecule has 3 nitrogen and oxygen atoms in total. The molecule has 0 bridgehead atoms. The summed E-state index contributed by atoms with van der Waals surface area (Å²) in [5.41, 5.74) is 0.443. The van der Waals surface area contributed by atoms with Crippen LogP contribution in [0.5, 0.6) is 0 Å². The maximum atomic E-state index is 10.6. The summed E-state index contributed by atoms with van der Waals surface area (Å²) in [6, 6.07) is 0. The van der Waals surface area contributed by atoms with E-state index in [1.54, 1.807) is 6.08 Å². The Morgan fingerprint density at radius 1 is 1.60 bits per heavy atom. The summed E-state index contributed by atoms with van der Waals surface area (Å²) < 4.78 is 4.50. The summed E-state index contributed by atoms with van der Waals surface area (Å²) in [4.78, 5) is 20.7. The summed E-state index contributed by atoms with van der Waals surface area (Å²) in [7, 11) is 0. The van der Waals surface area contributed by atoms with Crippen LogP contribution in [0.2, 0.25) is 0 Å². The van der Waals surface area contributed by atoms with E-state index in [1.807, 2.05) is 0 Å². The van der Waals surface area contributed by atoms with Gasteiger partial charge in [-0.15, -0.1) is 0 Å². The van der Waals surface area contributed by atoms with Crippen LogP contribution in [0.4, 0.5) is 0 Å². The first kappa shape index (κ1) is 6.74. The second-order valence-electron chi connectivity index (χ2n) is 1.85. The van der Waals surface area contributed by atoms with Gasteiger partial charge in [-0.2, -0.15) is 0 Å². The van der Waals surface area contributed by atoms with Crippen LogP contribution in [-0.4, -0.2) is 12.3 Å². The van der Waals surface area contributed by atoms with Crippen molar-refractivity contribution in [2.45, 2.75) is 6.42 Å². The monoisotopic (exact) mass is 138 g/mol. The zero-order chi connectivity index (χ0) is 7.40. The van der Waals surface area contributed by atoms with Gasteiger partial charge in [0, 0.05) is 5.57 Å². The first-order valence-corrected chi connectivity index (χ1v) is 2.83. The van der Waals surface area contributed by atoms with Crippen molar-refractivity contribution in [3.8, 4) is 0 Å². The Kier molecular flexibility index (Phi) is 1.99. The van der Waals surface area contributed by atoms with Gasteiger partial charge in [0.2, 0.25) is 0 Å². The first-order valence-electron chi connectivity index (χ1n) is 2.83. The third-order valence-electron chi connectivity index (χ3n) is 1.09. The zero-order valence-corrected chi connectivity index (χ0v) is 5.24. The van der Waals surface area contributed by atoms with Gasteiger partial charge in [0.15, 0.2) is 0 Å². The highest BCUT2D eigenvalue weighted by Crippen LogP contribution is 2.04. The highest BCUT2D eigenvalue weighted by molar-refractivity contribution is 5.85. The van der Waals surface area contributed by atoms with Crippen LogP contribution in [0.1, 0.15) is 6.42 Å². The van der Waals surface area contributed by atoms with Crippen LogP contribution in [0.15, 0.2) is 24.0 Å². The Balaban J connectivity index is 2.75. The maximum absolute atomic E-state index is 10.6. The minimum atomic E-state index is -0.396. The van der Waals surface area contributed by atoms with Crippen LogP contribution in [0.3, 0.4) is 0 Å². The van der Waals surface area contributed by atoms with Crippen molar-refractivity contribution >= 4 is 12.3 Å². The molecule has 0 aromatic carbocycles. The number of allylic oxidation sites excluding steroid dienone is 2. The van der Waals surface area contributed by atoms with E-state index in [0.717, 1.165) is 0 Å². The number of aldehydes is 1. The molecule has 0 saturated carbocycles. The van der Waals surface area contributed by atoms with Gasteiger partial charge in [0.1, 0.15) is 6.29 Å². The molecule has 0 aromatic rings. The maximum Gasteiger partial charge on any atom is 0.315 e. The summed E-state index contributed by atoms with van der Waals surface area (Å²) in [6.07, 6.45) is 5.05. The Morgan fingerprint density at radius 3 is 3.10 bits per heavy atom. The molecule has 1 rings (SSSR count). The number of carbonyl (C=O) groups is 2. The molecule has 0 amide bonds. The fourth-order valence-electron chi connectivity index (χ4n) is 0.626. The third kappa shape index (κ3) is 1.55. The molecule has 0 radical (unpaired) electrons. The van der Waals surface area contributed by atoms with E-state index in [0.29, 0.717) is 11.9 Å². The lowest BCUT2D eigenvalue weighted by Crippen LogP contribution is -1.99. The Labute approximate surface area is 58.0 Å². The predicted octanol–water partition coefficient (Wildman–Crippen LogP) is 0.572. The molecule has 0 saturated heterocycles. The quantitative estimate of drug-likeness (QED) is 0.393. The van der Waals surface area contributed by atoms with Gasteiger partial charge < -0.3 is 4.74 Å². The number of cyclic esters (lactones) is 1. The fraction of sp³-hybridized carbons (Fsp3) is 0.143. The number of ether oxygens (including phenoxy) is 1. The Hall–Kier alpha value is -1.38. The van der Waals surface area contributed by atoms with Crippen molar-refractivity contribution < 1.29 is 14.3 Å². The van der Waals surface area contributed by atoms with Crippen molar-refractivity contribution in [1.29, 1.82) is 0 Å². The number of carbonyl (C=O) groups excluding carboxylic acids is 2. The number of hydrogen-bond acceptors (Lipinski definition) is 3. The zero-order valence-electron chi connectivity index (χ0n) is 5.24. The molecule has 0 spiro atoms. The molecule has 0 fully saturated rings. The average molecular weight is 138 g/mol. The van der Waals surface area contributed by atoms with Crippen LogP contribution in [0, 0.1) is 0 Å². The van der Waals surface area contributed by atoms with E-state index in [1.165, 1.54) is 12.3 Å². The van der Waals surface area contributed by atoms with Crippen LogP contribution in [-0.2, 0) is 14.3 Å². The molecule has 52 valence electrons. The molecule has 1 heterocycles. The molecular formula is C7H6O3. The summed E-state index contributed by atoms with van der Waals surface area (Å²) >= 11 is 0. The lowest BCUT2D eigenvalue weighted by Gasteiger charge is -1.92. The molecule has 0 aliphatic carbocycles. The van der Waals surface area contributed by atoms with E-state index < -0.39 is 5.97 Å². The highest BCUT2D eigenvalue weighted by Gasteiger charge is 2.06. The van der Waals surface area contributed by atoms with Gasteiger partial charge in [-0.25, -0.2) is 0 Å². The lowest BCUT2D eigenvalue weighted by atomic mass is 10.2. The van der Waals surface area contributed by atoms with Gasteiger partial charge in [-0.05, 0) is 6.08 Å². The van der Waals surface area contributed by atoms with Crippen molar-refractivity contribution in [2.24, 2.45) is 0 Å². The van der Waals surface area contributed by atoms with Gasteiger partial charge in [0.05, 0.1) is 12.7 Å². The molecule has 0 atom stereocenters. The van der Waals surface area contributed by atoms with Crippen molar-refractivity contribution in [3.63, 3.8) is 0 Å². The Bertz CT molecular complexity index is 213. The standard InChI is InChI=1S/C7H6O3/c8-5-6-2-1-3-10-7(9)4-6/h1-3,5H,4H2. The molecule has 0 N–H and O–H groups in total. The fourth-order valence-corrected chi connectivity index (χ4v) is 0.626. The molecule has 0 aromatic heterocycles. The summed E-state index contributed by atoms with van der Waals surface area (Å²) in [6.45, 7) is 0. The molecule has 1 aliphatic rings. The second-order valence-corrected chi connectivity index (χ2v) is 1.85. The SMILES string of the molecule is O=CC1=CC=COC(=O)C1. The van der Waals surface area contributed by atoms with Crippen LogP contribution < -0.4 is 0 Å². The van der Waals surface area contributed by atoms with Crippen LogP contribution >= 0.6 is 0 Å². The minimum absolute atomic E-state index is 0.0660. The van der Waals surface area contributed by atoms with Crippen LogP contribution in [0.25, 0.3) is 0 Å². The molecule has 3 heteroatoms.